The first kappa shape index (κ1) is 32.3. The van der Waals surface area contributed by atoms with Crippen LogP contribution in [0, 0.1) is 0 Å². The van der Waals surface area contributed by atoms with E-state index in [0.29, 0.717) is 5.78 Å². The second-order valence-corrected chi connectivity index (χ2v) is 11.5. The molecule has 0 radical (unpaired) electrons. The molecule has 2 aromatic rings. The molecule has 1 heteroatoms. The van der Waals surface area contributed by atoms with Crippen LogP contribution in [0.15, 0.2) is 54.6 Å². The lowest BCUT2D eigenvalue weighted by molar-refractivity contribution is -0.120. The highest BCUT2D eigenvalue weighted by Crippen LogP contribution is 2.34. The Kier molecular flexibility index (Phi) is 18.7. The number of unbranched alkanes of at least 4 members (excludes halogenated alkanes) is 17. The van der Waals surface area contributed by atoms with Gasteiger partial charge in [-0.05, 0) is 29.5 Å². The molecule has 1 nitrogen and oxygen atoms in total. The molecule has 0 amide bonds. The average molecular weight is 519 g/mol. The van der Waals surface area contributed by atoms with E-state index in [0.717, 1.165) is 25.7 Å². The first-order chi connectivity index (χ1) is 18.8. The molecule has 0 fully saturated rings. The van der Waals surface area contributed by atoms with Gasteiger partial charge in [-0.3, -0.25) is 4.79 Å². The van der Waals surface area contributed by atoms with Crippen molar-refractivity contribution in [3.8, 4) is 11.1 Å². The third-order valence-corrected chi connectivity index (χ3v) is 8.18. The first-order valence-electron chi connectivity index (χ1n) is 16.4. The van der Waals surface area contributed by atoms with Crippen LogP contribution in [0.1, 0.15) is 160 Å². The van der Waals surface area contributed by atoms with E-state index in [1.807, 2.05) is 0 Å². The zero-order valence-corrected chi connectivity index (χ0v) is 25.0. The summed E-state index contributed by atoms with van der Waals surface area (Å²) in [6, 6.07) is 19.3. The lowest BCUT2D eigenvalue weighted by Gasteiger charge is -2.20. The molecule has 0 heterocycles. The van der Waals surface area contributed by atoms with Gasteiger partial charge in [0.1, 0.15) is 5.78 Å². The second-order valence-electron chi connectivity index (χ2n) is 11.5. The molecule has 0 aliphatic rings. The van der Waals surface area contributed by atoms with Crippen molar-refractivity contribution >= 4 is 5.78 Å². The fourth-order valence-corrected chi connectivity index (χ4v) is 5.79. The summed E-state index contributed by atoms with van der Waals surface area (Å²) >= 11 is 0. The number of carbonyl (C=O) groups is 1. The molecule has 0 N–H and O–H groups in total. The van der Waals surface area contributed by atoms with Gasteiger partial charge in [0.05, 0.1) is 0 Å². The molecule has 212 valence electrons. The van der Waals surface area contributed by atoms with Gasteiger partial charge in [0, 0.05) is 12.3 Å². The summed E-state index contributed by atoms with van der Waals surface area (Å²) < 4.78 is 0. The van der Waals surface area contributed by atoms with Gasteiger partial charge in [-0.25, -0.2) is 0 Å². The number of ketones is 1. The molecular weight excluding hydrogens is 460 g/mol. The van der Waals surface area contributed by atoms with Crippen LogP contribution in [0.25, 0.3) is 11.1 Å². The number of hydrogen-bond acceptors (Lipinski definition) is 1. The normalized spacial score (nSPS) is 12.1. The molecule has 1 unspecified atom stereocenters. The molecule has 2 rings (SSSR count). The quantitative estimate of drug-likeness (QED) is 0.126. The van der Waals surface area contributed by atoms with Gasteiger partial charge in [-0.2, -0.15) is 0 Å². The van der Waals surface area contributed by atoms with Gasteiger partial charge < -0.3 is 0 Å². The van der Waals surface area contributed by atoms with Crippen molar-refractivity contribution in [2.24, 2.45) is 0 Å². The number of benzene rings is 2. The molecular formula is C37H58O. The molecule has 0 aliphatic carbocycles. The van der Waals surface area contributed by atoms with Crippen molar-refractivity contribution in [2.75, 3.05) is 0 Å². The smallest absolute Gasteiger partial charge is 0.140 e. The number of hydrogen-bond donors (Lipinski definition) is 0. The molecule has 0 aromatic heterocycles. The van der Waals surface area contributed by atoms with Crippen LogP contribution >= 0.6 is 0 Å². The first-order valence-corrected chi connectivity index (χ1v) is 16.4. The summed E-state index contributed by atoms with van der Waals surface area (Å²) in [5.74, 6) is 0.501. The Labute approximate surface area is 236 Å². The number of rotatable bonds is 24. The van der Waals surface area contributed by atoms with Crippen molar-refractivity contribution in [1.29, 1.82) is 0 Å². The van der Waals surface area contributed by atoms with Crippen LogP contribution in [0.5, 0.6) is 0 Å². The molecule has 38 heavy (non-hydrogen) atoms. The fraction of sp³-hybridized carbons (Fsp3) is 0.649. The number of Topliss-reactive ketones (excluding diaryl/α,β-unsaturated/α-hetero) is 1. The van der Waals surface area contributed by atoms with Crippen molar-refractivity contribution in [3.05, 3.63) is 60.2 Å². The summed E-state index contributed by atoms with van der Waals surface area (Å²) in [4.78, 5) is 13.6. The molecule has 0 saturated carbocycles. The maximum Gasteiger partial charge on any atom is 0.140 e. The Bertz CT molecular complexity index is 824. The van der Waals surface area contributed by atoms with Crippen LogP contribution in [0.2, 0.25) is 0 Å². The van der Waals surface area contributed by atoms with Gasteiger partial charge in [0.25, 0.3) is 0 Å². The molecule has 0 spiro atoms. The van der Waals surface area contributed by atoms with Crippen LogP contribution < -0.4 is 0 Å². The van der Waals surface area contributed by atoms with Crippen LogP contribution in [0.4, 0.5) is 0 Å². The van der Waals surface area contributed by atoms with Crippen molar-refractivity contribution in [3.63, 3.8) is 0 Å². The largest absolute Gasteiger partial charge is 0.299 e. The lowest BCUT2D eigenvalue weighted by atomic mass is 9.83. The fourth-order valence-electron chi connectivity index (χ4n) is 5.79. The highest BCUT2D eigenvalue weighted by molar-refractivity contribution is 5.88. The molecule has 2 aromatic carbocycles. The minimum Gasteiger partial charge on any atom is -0.299 e. The Morgan fingerprint density at radius 2 is 0.974 bits per heavy atom. The minimum absolute atomic E-state index is 0.0368. The van der Waals surface area contributed by atoms with Gasteiger partial charge in [-0.15, -0.1) is 0 Å². The second kappa shape index (κ2) is 22.0. The predicted molar refractivity (Wildman–Crippen MR) is 168 cm³/mol. The maximum absolute atomic E-state index is 13.6. The summed E-state index contributed by atoms with van der Waals surface area (Å²) in [6.07, 6.45) is 26.8. The van der Waals surface area contributed by atoms with E-state index in [1.165, 1.54) is 126 Å². The van der Waals surface area contributed by atoms with Crippen molar-refractivity contribution in [1.82, 2.24) is 0 Å². The Hall–Kier alpha value is -1.89. The predicted octanol–water partition coefficient (Wildman–Crippen LogP) is 12.2. The zero-order valence-electron chi connectivity index (χ0n) is 25.0. The van der Waals surface area contributed by atoms with E-state index < -0.39 is 0 Å². The molecule has 0 bridgehead atoms. The molecule has 0 saturated heterocycles. The van der Waals surface area contributed by atoms with E-state index in [4.69, 9.17) is 0 Å². The summed E-state index contributed by atoms with van der Waals surface area (Å²) in [5.41, 5.74) is 3.71. The lowest BCUT2D eigenvalue weighted by Crippen LogP contribution is -2.14. The monoisotopic (exact) mass is 518 g/mol. The Morgan fingerprint density at radius 3 is 1.53 bits per heavy atom. The standard InChI is InChI=1S/C37H58O/c1-3-5-7-9-11-12-13-14-15-17-19-24-32-37(38)36(31-23-18-16-10-8-6-4-2)35-30-26-25-29-34(35)33-27-21-20-22-28-33/h20-22,25-30,36H,3-19,23-24,31-32H2,1-2H3. The third-order valence-electron chi connectivity index (χ3n) is 8.18. The maximum atomic E-state index is 13.6. The van der Waals surface area contributed by atoms with E-state index >= 15 is 0 Å². The average Bonchev–Trinajstić information content (AvgIpc) is 2.95. The van der Waals surface area contributed by atoms with Gasteiger partial charge in [0.15, 0.2) is 0 Å². The molecule has 0 aliphatic heterocycles. The highest BCUT2D eigenvalue weighted by Gasteiger charge is 2.22. The molecule has 1 atom stereocenters. The van der Waals surface area contributed by atoms with Crippen LogP contribution in [-0.4, -0.2) is 5.78 Å². The summed E-state index contributed by atoms with van der Waals surface area (Å²) in [5, 5.41) is 0. The van der Waals surface area contributed by atoms with E-state index in [1.54, 1.807) is 0 Å². The van der Waals surface area contributed by atoms with Gasteiger partial charge >= 0.3 is 0 Å². The van der Waals surface area contributed by atoms with Gasteiger partial charge in [-0.1, -0.05) is 184 Å². The minimum atomic E-state index is 0.0368. The Morgan fingerprint density at radius 1 is 0.526 bits per heavy atom. The van der Waals surface area contributed by atoms with E-state index in [-0.39, 0.29) is 5.92 Å². The highest BCUT2D eigenvalue weighted by atomic mass is 16.1. The topological polar surface area (TPSA) is 17.1 Å². The summed E-state index contributed by atoms with van der Waals surface area (Å²) in [7, 11) is 0. The Balaban J connectivity index is 1.82. The van der Waals surface area contributed by atoms with E-state index in [2.05, 4.69) is 68.4 Å². The van der Waals surface area contributed by atoms with Crippen LogP contribution in [-0.2, 0) is 4.79 Å². The third kappa shape index (κ3) is 13.8. The van der Waals surface area contributed by atoms with Crippen molar-refractivity contribution in [2.45, 2.75) is 155 Å². The zero-order chi connectivity index (χ0) is 27.1. The SMILES string of the molecule is CCCCCCCCCCCCCCC(=O)C(CCCCCCCCC)c1ccccc1-c1ccccc1. The number of carbonyl (C=O) groups excluding carboxylic acids is 1. The van der Waals surface area contributed by atoms with Gasteiger partial charge in [0.2, 0.25) is 0 Å². The van der Waals surface area contributed by atoms with Crippen molar-refractivity contribution < 1.29 is 4.79 Å². The van der Waals surface area contributed by atoms with E-state index in [9.17, 15) is 4.79 Å². The summed E-state index contributed by atoms with van der Waals surface area (Å²) in [6.45, 7) is 4.56. The van der Waals surface area contributed by atoms with Crippen LogP contribution in [0.3, 0.4) is 0 Å².